The molecular weight excluding hydrogens is 592 g/mol. The maximum atomic E-state index is 13.4. The molecule has 0 aliphatic carbocycles. The Labute approximate surface area is 230 Å². The fraction of sp³-hybridized carbons (Fsp3) is 0.304. The topological polar surface area (TPSA) is 105 Å². The molecule has 4 rings (SSSR count). The first-order valence-electron chi connectivity index (χ1n) is 11.1. The van der Waals surface area contributed by atoms with E-state index in [4.69, 9.17) is 23.2 Å². The zero-order valence-corrected chi connectivity index (χ0v) is 22.3. The first-order valence-corrected chi connectivity index (χ1v) is 13.3. The summed E-state index contributed by atoms with van der Waals surface area (Å²) in [6.45, 7) is 1.68. The molecule has 1 N–H and O–H groups in total. The molecule has 1 aromatic carbocycles. The van der Waals surface area contributed by atoms with Gasteiger partial charge >= 0.3 is 6.18 Å². The zero-order chi connectivity index (χ0) is 29.0. The first kappa shape index (κ1) is 30.6. The van der Waals surface area contributed by atoms with Gasteiger partial charge < -0.3 is 5.32 Å². The van der Waals surface area contributed by atoms with E-state index in [0.717, 1.165) is 22.9 Å². The van der Waals surface area contributed by atoms with Crippen LogP contribution >= 0.6 is 23.2 Å². The largest absolute Gasteiger partial charge is 0.451 e. The molecule has 1 amide bonds. The molecule has 16 heteroatoms. The molecule has 1 aliphatic rings. The van der Waals surface area contributed by atoms with Crippen molar-refractivity contribution in [1.29, 1.82) is 0 Å². The fourth-order valence-corrected chi connectivity index (χ4v) is 5.58. The maximum absolute atomic E-state index is 13.4. The predicted molar refractivity (Wildman–Crippen MR) is 132 cm³/mol. The van der Waals surface area contributed by atoms with E-state index in [1.165, 1.54) is 24.3 Å². The molecule has 0 bridgehead atoms. The monoisotopic (exact) mass is 611 g/mol. The number of nitrogens with one attached hydrogen (secondary N) is 1. The number of benzene rings is 1. The van der Waals surface area contributed by atoms with Crippen molar-refractivity contribution in [2.24, 2.45) is 0 Å². The lowest BCUT2D eigenvalue weighted by molar-refractivity contribution is -0.145. The highest BCUT2D eigenvalue weighted by Crippen LogP contribution is 2.31. The lowest BCUT2D eigenvalue weighted by Crippen LogP contribution is -2.36. The second-order valence-electron chi connectivity index (χ2n) is 8.19. The number of halogens is 7. The van der Waals surface area contributed by atoms with Gasteiger partial charge in [0, 0.05) is 36.6 Å². The van der Waals surface area contributed by atoms with E-state index < -0.39 is 40.1 Å². The van der Waals surface area contributed by atoms with Crippen LogP contribution in [0.3, 0.4) is 0 Å². The molecule has 210 valence electrons. The number of nitrogens with zero attached hydrogens (tertiary/aromatic N) is 4. The second-order valence-corrected chi connectivity index (χ2v) is 10.9. The Balaban J connectivity index is 0.000000218. The standard InChI is InChI=1S/C12H8F4N4O.C11H12Cl2FNO2S/c13-9-5-18-10(1-7(9)2-17-6-21)8-3-19-11(20-4-8)12(14,15)16;1-7-11(14)4-5-15(7)18(16,17)8-2-3-9(12)10(13)6-8/h1,3-6H,2H2,(H,17,21);2-3,6-7,11H,4-5H2,1H3/t;7-,11+/m.1/s1. The van der Waals surface area contributed by atoms with Gasteiger partial charge in [-0.3, -0.25) is 9.78 Å². The summed E-state index contributed by atoms with van der Waals surface area (Å²) in [4.78, 5) is 20.4. The quantitative estimate of drug-likeness (QED) is 0.309. The third-order valence-electron chi connectivity index (χ3n) is 5.61. The van der Waals surface area contributed by atoms with E-state index in [2.05, 4.69) is 20.3 Å². The number of carbonyl (C=O) groups excluding carboxylic acids is 1. The Bertz CT molecular complexity index is 1430. The molecule has 2 atom stereocenters. The van der Waals surface area contributed by atoms with Gasteiger partial charge in [0.25, 0.3) is 0 Å². The molecule has 2 aromatic heterocycles. The van der Waals surface area contributed by atoms with Gasteiger partial charge in [0.05, 0.1) is 32.9 Å². The van der Waals surface area contributed by atoms with Gasteiger partial charge in [0.1, 0.15) is 12.0 Å². The summed E-state index contributed by atoms with van der Waals surface area (Å²) in [5.74, 6) is -1.91. The number of amides is 1. The van der Waals surface area contributed by atoms with Gasteiger partial charge in [0.2, 0.25) is 22.3 Å². The minimum atomic E-state index is -4.63. The van der Waals surface area contributed by atoms with E-state index in [1.807, 2.05) is 0 Å². The van der Waals surface area contributed by atoms with Gasteiger partial charge in [-0.2, -0.15) is 17.5 Å². The number of sulfonamides is 1. The average molecular weight is 612 g/mol. The van der Waals surface area contributed by atoms with Gasteiger partial charge in [0.15, 0.2) is 0 Å². The summed E-state index contributed by atoms with van der Waals surface area (Å²) in [7, 11) is -3.71. The number of rotatable bonds is 6. The van der Waals surface area contributed by atoms with Crippen molar-refractivity contribution in [3.63, 3.8) is 0 Å². The maximum Gasteiger partial charge on any atom is 0.451 e. The molecule has 0 spiro atoms. The number of aromatic nitrogens is 3. The minimum absolute atomic E-state index is 0.0397. The minimum Gasteiger partial charge on any atom is -0.354 e. The van der Waals surface area contributed by atoms with E-state index in [1.54, 1.807) is 6.92 Å². The predicted octanol–water partition coefficient (Wildman–Crippen LogP) is 5.06. The highest BCUT2D eigenvalue weighted by Gasteiger charge is 2.39. The Morgan fingerprint density at radius 2 is 1.77 bits per heavy atom. The van der Waals surface area contributed by atoms with E-state index >= 15 is 0 Å². The van der Waals surface area contributed by atoms with E-state index in [9.17, 15) is 35.2 Å². The van der Waals surface area contributed by atoms with E-state index in [-0.39, 0.29) is 51.3 Å². The van der Waals surface area contributed by atoms with Gasteiger partial charge in [-0.05, 0) is 37.6 Å². The van der Waals surface area contributed by atoms with Crippen LogP contribution in [0, 0.1) is 5.82 Å². The normalized spacial score (nSPS) is 17.8. The van der Waals surface area contributed by atoms with Gasteiger partial charge in [-0.15, -0.1) is 0 Å². The molecule has 1 fully saturated rings. The molecule has 0 radical (unpaired) electrons. The Kier molecular flexibility index (Phi) is 9.80. The lowest BCUT2D eigenvalue weighted by Gasteiger charge is -2.21. The zero-order valence-electron chi connectivity index (χ0n) is 20.0. The SMILES string of the molecule is C[C@@H]1[C@@H](F)CCN1S(=O)(=O)c1ccc(Cl)c(Cl)c1.O=CNCc1cc(-c2cnc(C(F)(F)F)nc2)ncc1F. The molecular formula is C23H20Cl2F5N5O3S. The van der Waals surface area contributed by atoms with Crippen LogP contribution in [0.1, 0.15) is 24.7 Å². The molecule has 3 aromatic rings. The van der Waals surface area contributed by atoms with Crippen molar-refractivity contribution in [3.05, 3.63) is 70.1 Å². The van der Waals surface area contributed by atoms with Crippen LogP contribution in [0.25, 0.3) is 11.3 Å². The number of hydrogen-bond donors (Lipinski definition) is 1. The molecule has 39 heavy (non-hydrogen) atoms. The molecule has 1 saturated heterocycles. The average Bonchev–Trinajstić information content (AvgIpc) is 3.23. The van der Waals surface area contributed by atoms with Crippen molar-refractivity contribution in [2.45, 2.75) is 43.2 Å². The van der Waals surface area contributed by atoms with Crippen LogP contribution in [0.4, 0.5) is 22.0 Å². The second kappa shape index (κ2) is 12.5. The number of alkyl halides is 4. The van der Waals surface area contributed by atoms with E-state index in [0.29, 0.717) is 6.41 Å². The Morgan fingerprint density at radius 3 is 2.31 bits per heavy atom. The van der Waals surface area contributed by atoms with Crippen LogP contribution in [-0.2, 0) is 27.5 Å². The summed E-state index contributed by atoms with van der Waals surface area (Å²) in [5.41, 5.74) is 0.551. The molecule has 3 heterocycles. The fourth-order valence-electron chi connectivity index (χ4n) is 3.52. The molecule has 0 unspecified atom stereocenters. The van der Waals surface area contributed by atoms with Crippen molar-refractivity contribution >= 4 is 39.6 Å². The highest BCUT2D eigenvalue weighted by atomic mass is 35.5. The van der Waals surface area contributed by atoms with Gasteiger partial charge in [-0.1, -0.05) is 23.2 Å². The third-order valence-corrected chi connectivity index (χ3v) is 8.33. The van der Waals surface area contributed by atoms with Crippen molar-refractivity contribution < 1.29 is 35.2 Å². The Morgan fingerprint density at radius 1 is 1.10 bits per heavy atom. The molecule has 1 aliphatic heterocycles. The number of hydrogen-bond acceptors (Lipinski definition) is 6. The number of pyridine rings is 1. The molecule has 8 nitrogen and oxygen atoms in total. The van der Waals surface area contributed by atoms with Crippen molar-refractivity contribution in [2.75, 3.05) is 6.54 Å². The van der Waals surface area contributed by atoms with Crippen molar-refractivity contribution in [1.82, 2.24) is 24.6 Å². The molecule has 0 saturated carbocycles. The summed E-state index contributed by atoms with van der Waals surface area (Å²) in [6.07, 6.45) is -2.31. The number of carbonyl (C=O) groups is 1. The summed E-state index contributed by atoms with van der Waals surface area (Å²) in [6, 6.07) is 4.74. The van der Waals surface area contributed by atoms with Crippen LogP contribution in [-0.4, -0.2) is 52.8 Å². The van der Waals surface area contributed by atoms with Crippen LogP contribution in [0.5, 0.6) is 0 Å². The smallest absolute Gasteiger partial charge is 0.354 e. The van der Waals surface area contributed by atoms with Crippen LogP contribution < -0.4 is 5.32 Å². The van der Waals surface area contributed by atoms with Crippen LogP contribution in [0.15, 0.2) is 47.8 Å². The van der Waals surface area contributed by atoms with Gasteiger partial charge in [-0.25, -0.2) is 27.2 Å². The first-order chi connectivity index (χ1) is 18.3. The Hall–Kier alpha value is -2.94. The summed E-state index contributed by atoms with van der Waals surface area (Å²) in [5, 5.41) is 2.74. The highest BCUT2D eigenvalue weighted by molar-refractivity contribution is 7.89. The summed E-state index contributed by atoms with van der Waals surface area (Å²) >= 11 is 11.5. The summed E-state index contributed by atoms with van der Waals surface area (Å²) < 4.78 is 89.7. The van der Waals surface area contributed by atoms with Crippen molar-refractivity contribution in [3.8, 4) is 11.3 Å². The lowest BCUT2D eigenvalue weighted by atomic mass is 10.1. The van der Waals surface area contributed by atoms with Crippen LogP contribution in [0.2, 0.25) is 10.0 Å². The third kappa shape index (κ3) is 7.38.